The normalized spacial score (nSPS) is 14.9. The van der Waals surface area contributed by atoms with E-state index in [1.54, 1.807) is 7.05 Å². The molecule has 27 heavy (non-hydrogen) atoms. The zero-order chi connectivity index (χ0) is 19.6. The van der Waals surface area contributed by atoms with Crippen LogP contribution < -0.4 is 16.1 Å². The fourth-order valence-electron chi connectivity index (χ4n) is 2.97. The summed E-state index contributed by atoms with van der Waals surface area (Å²) in [5, 5.41) is 9.57. The van der Waals surface area contributed by atoms with Gasteiger partial charge in [0.05, 0.1) is 13.2 Å². The van der Waals surface area contributed by atoms with E-state index in [-0.39, 0.29) is 11.2 Å². The summed E-state index contributed by atoms with van der Waals surface area (Å²) in [6.07, 6.45) is 0. The Kier molecular flexibility index (Phi) is 6.05. The molecule has 1 saturated heterocycles. The van der Waals surface area contributed by atoms with Crippen LogP contribution in [0.25, 0.3) is 0 Å². The minimum atomic E-state index is -0.323. The minimum Gasteiger partial charge on any atom is -0.378 e. The van der Waals surface area contributed by atoms with E-state index in [1.165, 1.54) is 29.4 Å². The van der Waals surface area contributed by atoms with Crippen LogP contribution in [-0.2, 0) is 31.1 Å². The zero-order valence-electron chi connectivity index (χ0n) is 16.2. The Morgan fingerprint density at radius 2 is 1.85 bits per heavy atom. The van der Waals surface area contributed by atoms with Gasteiger partial charge in [-0.05, 0) is 5.92 Å². The van der Waals surface area contributed by atoms with Crippen molar-refractivity contribution in [2.24, 2.45) is 20.0 Å². The number of ether oxygens (including phenoxy) is 1. The molecule has 0 radical (unpaired) electrons. The summed E-state index contributed by atoms with van der Waals surface area (Å²) in [4.78, 5) is 26.2. The molecule has 0 N–H and O–H groups in total. The first kappa shape index (κ1) is 19.7. The van der Waals surface area contributed by atoms with E-state index >= 15 is 0 Å². The van der Waals surface area contributed by atoms with Crippen molar-refractivity contribution in [1.29, 1.82) is 0 Å². The molecule has 0 aromatic carbocycles. The SMILES string of the molecule is CC(C)Cn1c(SCc2cc(=O)n(C)c(=O)n2C)nnc1N1CCOCC1. The fourth-order valence-corrected chi connectivity index (χ4v) is 3.93. The van der Waals surface area contributed by atoms with Crippen LogP contribution in [-0.4, -0.2) is 50.2 Å². The summed E-state index contributed by atoms with van der Waals surface area (Å²) in [6, 6.07) is 1.50. The summed E-state index contributed by atoms with van der Waals surface area (Å²) in [5.74, 6) is 1.77. The van der Waals surface area contributed by atoms with Crippen molar-refractivity contribution in [2.75, 3.05) is 31.2 Å². The van der Waals surface area contributed by atoms with Crippen molar-refractivity contribution in [3.63, 3.8) is 0 Å². The number of aromatic nitrogens is 5. The summed E-state index contributed by atoms with van der Waals surface area (Å²) in [6.45, 7) is 8.08. The highest BCUT2D eigenvalue weighted by molar-refractivity contribution is 7.98. The van der Waals surface area contributed by atoms with E-state index in [2.05, 4.69) is 33.5 Å². The maximum Gasteiger partial charge on any atom is 0.330 e. The highest BCUT2D eigenvalue weighted by atomic mass is 32.2. The van der Waals surface area contributed by atoms with Crippen LogP contribution in [0.2, 0.25) is 0 Å². The van der Waals surface area contributed by atoms with Gasteiger partial charge in [0.2, 0.25) is 5.95 Å². The van der Waals surface area contributed by atoms with Gasteiger partial charge in [-0.15, -0.1) is 10.2 Å². The van der Waals surface area contributed by atoms with E-state index < -0.39 is 0 Å². The van der Waals surface area contributed by atoms with Crippen LogP contribution in [0.4, 0.5) is 5.95 Å². The monoisotopic (exact) mass is 394 g/mol. The first-order valence-electron chi connectivity index (χ1n) is 9.03. The van der Waals surface area contributed by atoms with Gasteiger partial charge in [-0.3, -0.25) is 18.5 Å². The fraction of sp³-hybridized carbons (Fsp3) is 0.647. The molecule has 148 valence electrons. The zero-order valence-corrected chi connectivity index (χ0v) is 17.0. The number of thioether (sulfide) groups is 1. The van der Waals surface area contributed by atoms with Crippen LogP contribution in [0, 0.1) is 5.92 Å². The average molecular weight is 395 g/mol. The van der Waals surface area contributed by atoms with Gasteiger partial charge in [-0.2, -0.15) is 0 Å². The molecule has 10 heteroatoms. The summed E-state index contributed by atoms with van der Waals surface area (Å²) in [7, 11) is 3.16. The van der Waals surface area contributed by atoms with Crippen LogP contribution >= 0.6 is 11.8 Å². The third-order valence-electron chi connectivity index (χ3n) is 4.51. The molecule has 0 atom stereocenters. The van der Waals surface area contributed by atoms with E-state index in [9.17, 15) is 9.59 Å². The number of rotatable bonds is 6. The second kappa shape index (κ2) is 8.30. The molecule has 2 aromatic rings. The van der Waals surface area contributed by atoms with Gasteiger partial charge in [-0.1, -0.05) is 25.6 Å². The topological polar surface area (TPSA) is 87.2 Å². The number of hydrogen-bond donors (Lipinski definition) is 0. The highest BCUT2D eigenvalue weighted by Gasteiger charge is 2.21. The lowest BCUT2D eigenvalue weighted by Crippen LogP contribution is -2.38. The molecule has 3 heterocycles. The second-order valence-corrected chi connectivity index (χ2v) is 7.99. The molecule has 2 aromatic heterocycles. The Balaban J connectivity index is 1.85. The molecular formula is C17H26N6O3S. The number of anilines is 1. The van der Waals surface area contributed by atoms with Crippen molar-refractivity contribution in [3.8, 4) is 0 Å². The molecule has 0 amide bonds. The molecule has 3 rings (SSSR count). The standard InChI is InChI=1S/C17H26N6O3S/c1-12(2)10-23-15(22-5-7-26-8-6-22)18-19-16(23)27-11-13-9-14(24)21(4)17(25)20(13)3/h9,12H,5-8,10-11H2,1-4H3. The van der Waals surface area contributed by atoms with E-state index in [1.807, 2.05) is 0 Å². The van der Waals surface area contributed by atoms with Crippen LogP contribution in [0.5, 0.6) is 0 Å². The van der Waals surface area contributed by atoms with Gasteiger partial charge in [0, 0.05) is 51.2 Å². The van der Waals surface area contributed by atoms with Gasteiger partial charge < -0.3 is 9.64 Å². The van der Waals surface area contributed by atoms with Crippen molar-refractivity contribution in [2.45, 2.75) is 31.3 Å². The number of hydrogen-bond acceptors (Lipinski definition) is 7. The first-order chi connectivity index (χ1) is 12.9. The quantitative estimate of drug-likeness (QED) is 0.658. The minimum absolute atomic E-state index is 0.300. The smallest absolute Gasteiger partial charge is 0.330 e. The van der Waals surface area contributed by atoms with Gasteiger partial charge in [0.1, 0.15) is 0 Å². The number of nitrogens with zero attached hydrogens (tertiary/aromatic N) is 6. The Morgan fingerprint density at radius 1 is 1.15 bits per heavy atom. The Hall–Kier alpha value is -2.07. The van der Waals surface area contributed by atoms with Crippen molar-refractivity contribution >= 4 is 17.7 Å². The van der Waals surface area contributed by atoms with Crippen molar-refractivity contribution in [3.05, 3.63) is 32.6 Å². The van der Waals surface area contributed by atoms with E-state index in [0.717, 1.165) is 35.3 Å². The average Bonchev–Trinajstić information content (AvgIpc) is 3.04. The molecule has 0 saturated carbocycles. The predicted molar refractivity (Wildman–Crippen MR) is 104 cm³/mol. The molecule has 0 aliphatic carbocycles. The van der Waals surface area contributed by atoms with Gasteiger partial charge in [0.15, 0.2) is 5.16 Å². The summed E-state index contributed by atoms with van der Waals surface area (Å²) < 4.78 is 10.2. The van der Waals surface area contributed by atoms with Crippen LogP contribution in [0.15, 0.2) is 20.8 Å². The van der Waals surface area contributed by atoms with Crippen LogP contribution in [0.3, 0.4) is 0 Å². The van der Waals surface area contributed by atoms with Gasteiger partial charge >= 0.3 is 5.69 Å². The lowest BCUT2D eigenvalue weighted by atomic mass is 10.2. The maximum atomic E-state index is 12.1. The van der Waals surface area contributed by atoms with Crippen molar-refractivity contribution in [1.82, 2.24) is 23.9 Å². The lowest BCUT2D eigenvalue weighted by molar-refractivity contribution is 0.121. The third kappa shape index (κ3) is 4.27. The summed E-state index contributed by atoms with van der Waals surface area (Å²) in [5.41, 5.74) is 0.0437. The molecule has 9 nitrogen and oxygen atoms in total. The molecule has 1 fully saturated rings. The molecule has 0 bridgehead atoms. The first-order valence-corrected chi connectivity index (χ1v) is 10.0. The van der Waals surface area contributed by atoms with Crippen LogP contribution in [0.1, 0.15) is 19.5 Å². The van der Waals surface area contributed by atoms with Gasteiger partial charge in [0.25, 0.3) is 5.56 Å². The molecule has 0 spiro atoms. The third-order valence-corrected chi connectivity index (χ3v) is 5.51. The molecule has 1 aliphatic rings. The molecular weight excluding hydrogens is 368 g/mol. The molecule has 1 aliphatic heterocycles. The van der Waals surface area contributed by atoms with E-state index in [0.29, 0.717) is 30.6 Å². The molecule has 0 unspecified atom stereocenters. The van der Waals surface area contributed by atoms with E-state index in [4.69, 9.17) is 4.74 Å². The Morgan fingerprint density at radius 3 is 2.52 bits per heavy atom. The second-order valence-electron chi connectivity index (χ2n) is 7.05. The highest BCUT2D eigenvalue weighted by Crippen LogP contribution is 2.26. The van der Waals surface area contributed by atoms with Crippen molar-refractivity contribution < 1.29 is 4.74 Å². The summed E-state index contributed by atoms with van der Waals surface area (Å²) >= 11 is 1.49. The Bertz CT molecular complexity index is 910. The largest absolute Gasteiger partial charge is 0.378 e. The van der Waals surface area contributed by atoms with Gasteiger partial charge in [-0.25, -0.2) is 4.79 Å². The lowest BCUT2D eigenvalue weighted by Gasteiger charge is -2.28. The predicted octanol–water partition coefficient (Wildman–Crippen LogP) is 0.460. The number of morpholine rings is 1. The Labute approximate surface area is 162 Å². The maximum absolute atomic E-state index is 12.1.